The summed E-state index contributed by atoms with van der Waals surface area (Å²) in [5, 5.41) is 13.5. The fraction of sp³-hybridized carbons (Fsp3) is 0.923. The lowest BCUT2D eigenvalue weighted by Gasteiger charge is -2.53. The third kappa shape index (κ3) is 2.08. The van der Waals surface area contributed by atoms with Crippen molar-refractivity contribution in [1.82, 2.24) is 9.96 Å². The Kier molecular flexibility index (Phi) is 3.89. The first-order chi connectivity index (χ1) is 7.73. The average molecular weight is 241 g/mol. The summed E-state index contributed by atoms with van der Waals surface area (Å²) in [6, 6.07) is 0.146. The van der Waals surface area contributed by atoms with E-state index in [1.807, 2.05) is 46.4 Å². The molecule has 0 saturated carbocycles. The lowest BCUT2D eigenvalue weighted by atomic mass is 9.82. The molecule has 1 aliphatic heterocycles. The Balaban J connectivity index is 3.21. The molecular weight excluding hydrogens is 216 g/mol. The zero-order chi connectivity index (χ0) is 13.4. The molecule has 4 heteroatoms. The average Bonchev–Trinajstić information content (AvgIpc) is 2.26. The van der Waals surface area contributed by atoms with Gasteiger partial charge in [0.05, 0.1) is 5.54 Å². The summed E-state index contributed by atoms with van der Waals surface area (Å²) in [7, 11) is 0. The molecule has 0 spiro atoms. The van der Waals surface area contributed by atoms with Crippen molar-refractivity contribution in [1.29, 1.82) is 0 Å². The highest BCUT2D eigenvalue weighted by molar-refractivity contribution is 5.87. The third-order valence-electron chi connectivity index (χ3n) is 3.95. The summed E-state index contributed by atoms with van der Waals surface area (Å²) in [6.45, 7) is 12.2. The van der Waals surface area contributed by atoms with Crippen molar-refractivity contribution in [3.05, 3.63) is 0 Å². The molecule has 1 amide bonds. The minimum Gasteiger partial charge on any atom is -0.337 e. The Bertz CT molecular complexity index is 296. The van der Waals surface area contributed by atoms with E-state index < -0.39 is 11.1 Å². The molecular formula is C13H25N2O2. The highest BCUT2D eigenvalue weighted by Gasteiger charge is 2.55. The second kappa shape index (κ2) is 4.58. The van der Waals surface area contributed by atoms with Crippen LogP contribution >= 0.6 is 0 Å². The van der Waals surface area contributed by atoms with Gasteiger partial charge in [-0.25, -0.2) is 0 Å². The first-order valence-electron chi connectivity index (χ1n) is 6.51. The highest BCUT2D eigenvalue weighted by Crippen LogP contribution is 2.37. The number of amides is 1. The van der Waals surface area contributed by atoms with Gasteiger partial charge in [0.1, 0.15) is 5.54 Å². The lowest BCUT2D eigenvalue weighted by Crippen LogP contribution is -2.72. The van der Waals surface area contributed by atoms with Crippen LogP contribution in [0, 0.1) is 0 Å². The summed E-state index contributed by atoms with van der Waals surface area (Å²) in [4.78, 5) is 14.4. The van der Waals surface area contributed by atoms with Crippen LogP contribution < -0.4 is 0 Å². The van der Waals surface area contributed by atoms with E-state index in [2.05, 4.69) is 0 Å². The Hall–Kier alpha value is -0.610. The fourth-order valence-corrected chi connectivity index (χ4v) is 2.74. The molecule has 1 rings (SSSR count). The van der Waals surface area contributed by atoms with Crippen LogP contribution in [-0.4, -0.2) is 39.5 Å². The number of hydrogen-bond acceptors (Lipinski definition) is 2. The monoisotopic (exact) mass is 241 g/mol. The molecule has 1 radical (unpaired) electrons. The SMILES string of the molecule is CCC1(CC)C(=O)N(C(C)C)CC(C)(C)N1[O]. The van der Waals surface area contributed by atoms with E-state index in [0.29, 0.717) is 19.4 Å². The number of nitrogens with zero attached hydrogens (tertiary/aromatic N) is 2. The molecule has 0 bridgehead atoms. The predicted molar refractivity (Wildman–Crippen MR) is 66.8 cm³/mol. The van der Waals surface area contributed by atoms with E-state index in [4.69, 9.17) is 0 Å². The second-order valence-corrected chi connectivity index (χ2v) is 5.87. The van der Waals surface area contributed by atoms with Gasteiger partial charge in [0, 0.05) is 12.6 Å². The number of hydrogen-bond donors (Lipinski definition) is 0. The second-order valence-electron chi connectivity index (χ2n) is 5.87. The van der Waals surface area contributed by atoms with Crippen LogP contribution in [0.15, 0.2) is 0 Å². The van der Waals surface area contributed by atoms with Crippen molar-refractivity contribution in [2.45, 2.75) is 71.5 Å². The number of carbonyl (C=O) groups is 1. The Morgan fingerprint density at radius 1 is 1.24 bits per heavy atom. The normalized spacial score (nSPS) is 24.5. The molecule has 1 heterocycles. The quantitative estimate of drug-likeness (QED) is 0.760. The molecule has 99 valence electrons. The van der Waals surface area contributed by atoms with Crippen LogP contribution in [0.3, 0.4) is 0 Å². The van der Waals surface area contributed by atoms with Crippen molar-refractivity contribution >= 4 is 5.91 Å². The van der Waals surface area contributed by atoms with Crippen LogP contribution in [0.4, 0.5) is 0 Å². The zero-order valence-corrected chi connectivity index (χ0v) is 11.9. The molecule has 0 aromatic rings. The maximum atomic E-state index is 12.5. The van der Waals surface area contributed by atoms with Gasteiger partial charge in [-0.2, -0.15) is 0 Å². The first kappa shape index (κ1) is 14.5. The van der Waals surface area contributed by atoms with Crippen LogP contribution in [-0.2, 0) is 10.0 Å². The Morgan fingerprint density at radius 2 is 1.71 bits per heavy atom. The van der Waals surface area contributed by atoms with E-state index in [1.54, 1.807) is 0 Å². The summed E-state index contributed by atoms with van der Waals surface area (Å²) in [5.74, 6) is -0.00757. The molecule has 1 fully saturated rings. The highest BCUT2D eigenvalue weighted by atomic mass is 16.5. The number of rotatable bonds is 3. The Labute approximate surface area is 105 Å². The number of piperazine rings is 1. The van der Waals surface area contributed by atoms with Crippen molar-refractivity contribution in [3.8, 4) is 0 Å². The van der Waals surface area contributed by atoms with Crippen molar-refractivity contribution in [3.63, 3.8) is 0 Å². The predicted octanol–water partition coefficient (Wildman–Crippen LogP) is 2.22. The van der Waals surface area contributed by atoms with Gasteiger partial charge in [0.25, 0.3) is 0 Å². The van der Waals surface area contributed by atoms with Gasteiger partial charge >= 0.3 is 0 Å². The maximum Gasteiger partial charge on any atom is 0.245 e. The molecule has 17 heavy (non-hydrogen) atoms. The van der Waals surface area contributed by atoms with E-state index in [1.165, 1.54) is 0 Å². The van der Waals surface area contributed by atoms with Crippen LogP contribution in [0.1, 0.15) is 54.4 Å². The minimum absolute atomic E-state index is 0.00757. The van der Waals surface area contributed by atoms with E-state index in [9.17, 15) is 10.0 Å². The van der Waals surface area contributed by atoms with Gasteiger partial charge in [0.15, 0.2) is 0 Å². The number of carbonyl (C=O) groups excluding carboxylic acids is 1. The van der Waals surface area contributed by atoms with Crippen molar-refractivity contribution < 1.29 is 10.0 Å². The van der Waals surface area contributed by atoms with Crippen LogP contribution in [0.5, 0.6) is 0 Å². The molecule has 0 N–H and O–H groups in total. The van der Waals surface area contributed by atoms with Crippen LogP contribution in [0.2, 0.25) is 0 Å². The van der Waals surface area contributed by atoms with Gasteiger partial charge in [-0.15, -0.1) is 10.3 Å². The molecule has 0 unspecified atom stereocenters. The van der Waals surface area contributed by atoms with E-state index in [-0.39, 0.29) is 11.9 Å². The van der Waals surface area contributed by atoms with Gasteiger partial charge in [0.2, 0.25) is 5.91 Å². The smallest absolute Gasteiger partial charge is 0.245 e. The largest absolute Gasteiger partial charge is 0.337 e. The summed E-state index contributed by atoms with van der Waals surface area (Å²) in [5.41, 5.74) is -1.38. The number of hydroxylamine groups is 2. The molecule has 1 saturated heterocycles. The molecule has 0 aromatic heterocycles. The van der Waals surface area contributed by atoms with E-state index in [0.717, 1.165) is 5.06 Å². The molecule has 0 aromatic carbocycles. The van der Waals surface area contributed by atoms with Crippen LogP contribution in [0.25, 0.3) is 0 Å². The maximum absolute atomic E-state index is 12.5. The standard InChI is InChI=1S/C13H25N2O2/c1-7-13(8-2)11(16)14(10(3)4)9-12(5,6)15(13)17/h10H,7-9H2,1-6H3. The minimum atomic E-state index is -0.869. The summed E-state index contributed by atoms with van der Waals surface area (Å²) in [6.07, 6.45) is 1.14. The third-order valence-corrected chi connectivity index (χ3v) is 3.95. The van der Waals surface area contributed by atoms with E-state index >= 15 is 0 Å². The molecule has 1 aliphatic rings. The van der Waals surface area contributed by atoms with Gasteiger partial charge in [-0.1, -0.05) is 13.8 Å². The van der Waals surface area contributed by atoms with Gasteiger partial charge in [-0.3, -0.25) is 4.79 Å². The lowest BCUT2D eigenvalue weighted by molar-refractivity contribution is -0.295. The molecule has 0 atom stereocenters. The molecule has 0 aliphatic carbocycles. The van der Waals surface area contributed by atoms with Crippen molar-refractivity contribution in [2.24, 2.45) is 0 Å². The Morgan fingerprint density at radius 3 is 2.06 bits per heavy atom. The summed E-state index contributed by atoms with van der Waals surface area (Å²) >= 11 is 0. The zero-order valence-electron chi connectivity index (χ0n) is 11.9. The summed E-state index contributed by atoms with van der Waals surface area (Å²) < 4.78 is 0. The fourth-order valence-electron chi connectivity index (χ4n) is 2.74. The first-order valence-corrected chi connectivity index (χ1v) is 6.51. The van der Waals surface area contributed by atoms with Gasteiger partial charge < -0.3 is 4.90 Å². The van der Waals surface area contributed by atoms with Crippen molar-refractivity contribution in [2.75, 3.05) is 6.54 Å². The molecule has 4 nitrogen and oxygen atoms in total. The van der Waals surface area contributed by atoms with Gasteiger partial charge in [-0.05, 0) is 40.5 Å². The topological polar surface area (TPSA) is 43.5 Å².